The molecule has 0 aromatic heterocycles. The third-order valence-corrected chi connectivity index (χ3v) is 2.62. The van der Waals surface area contributed by atoms with Crippen LogP contribution in [0.1, 0.15) is 52.7 Å². The van der Waals surface area contributed by atoms with Crippen molar-refractivity contribution >= 4 is 6.09 Å². The van der Waals surface area contributed by atoms with Gasteiger partial charge in [0.2, 0.25) is 0 Å². The van der Waals surface area contributed by atoms with Crippen LogP contribution in [-0.4, -0.2) is 22.8 Å². The number of aliphatic hydroxyl groups excluding tert-OH is 1. The summed E-state index contributed by atoms with van der Waals surface area (Å²) in [5.41, 5.74) is -0.361. The summed E-state index contributed by atoms with van der Waals surface area (Å²) in [5.74, 6) is 0.282. The summed E-state index contributed by atoms with van der Waals surface area (Å²) in [7, 11) is 0. The maximum Gasteiger partial charge on any atom is 0.407 e. The second-order valence-corrected chi connectivity index (χ2v) is 6.29. The molecule has 1 rings (SSSR count). The summed E-state index contributed by atoms with van der Waals surface area (Å²) in [6, 6.07) is 0.877. The van der Waals surface area contributed by atoms with Crippen molar-refractivity contribution in [1.29, 1.82) is 0 Å². The molecule has 0 aliphatic carbocycles. The second-order valence-electron chi connectivity index (χ2n) is 6.29. The molecule has 0 aliphatic heterocycles. The van der Waals surface area contributed by atoms with E-state index in [9.17, 15) is 14.7 Å². The van der Waals surface area contributed by atoms with Crippen LogP contribution in [-0.2, 0) is 4.74 Å². The predicted molar refractivity (Wildman–Crippen MR) is 72.7 cm³/mol. The molecule has 5 nitrogen and oxygen atoms in total. The molecule has 0 bridgehead atoms. The Kier molecular flexibility index (Phi) is 4.74. The number of nitrogens with one attached hydrogen (secondary N) is 1. The van der Waals surface area contributed by atoms with Crippen LogP contribution in [0.4, 0.5) is 4.79 Å². The first-order valence-corrected chi connectivity index (χ1v) is 6.53. The standard InChI is InChI=1S/C14H23NO4/c1-8(2)6-10(12(17)9-7-11(9)16)15-13(18)19-14(3,4)5/h7-8,10,12,17H,6H2,1-5H3,(H,15,18)/t10-,12?/m0/s1. The highest BCUT2D eigenvalue weighted by molar-refractivity contribution is 5.68. The van der Waals surface area contributed by atoms with Gasteiger partial charge in [-0.25, -0.2) is 4.79 Å². The molecule has 1 aromatic rings. The van der Waals surface area contributed by atoms with Gasteiger partial charge >= 0.3 is 6.09 Å². The Morgan fingerprint density at radius 1 is 1.42 bits per heavy atom. The van der Waals surface area contributed by atoms with E-state index in [-0.39, 0.29) is 11.3 Å². The van der Waals surface area contributed by atoms with Crippen LogP contribution >= 0.6 is 0 Å². The van der Waals surface area contributed by atoms with Crippen LogP contribution in [0.3, 0.4) is 0 Å². The molecular formula is C14H23NO4. The van der Waals surface area contributed by atoms with Crippen LogP contribution in [0.5, 0.6) is 0 Å². The summed E-state index contributed by atoms with van der Waals surface area (Å²) >= 11 is 0. The van der Waals surface area contributed by atoms with Crippen LogP contribution in [0, 0.1) is 5.92 Å². The average molecular weight is 269 g/mol. The lowest BCUT2D eigenvalue weighted by molar-refractivity contribution is 0.0405. The van der Waals surface area contributed by atoms with Crippen molar-refractivity contribution in [2.75, 3.05) is 0 Å². The molecular weight excluding hydrogens is 246 g/mol. The number of amides is 1. The normalized spacial score (nSPS) is 15.5. The number of carbonyl (C=O) groups is 1. The second kappa shape index (κ2) is 5.74. The van der Waals surface area contributed by atoms with Crippen LogP contribution in [0.25, 0.3) is 0 Å². The van der Waals surface area contributed by atoms with E-state index in [4.69, 9.17) is 4.74 Å². The van der Waals surface area contributed by atoms with E-state index < -0.39 is 23.8 Å². The monoisotopic (exact) mass is 269 g/mol. The lowest BCUT2D eigenvalue weighted by atomic mass is 9.98. The van der Waals surface area contributed by atoms with E-state index in [1.165, 1.54) is 6.07 Å². The van der Waals surface area contributed by atoms with E-state index in [0.717, 1.165) is 0 Å². The van der Waals surface area contributed by atoms with E-state index >= 15 is 0 Å². The molecule has 0 aliphatic rings. The molecule has 108 valence electrons. The highest BCUT2D eigenvalue weighted by atomic mass is 16.6. The molecule has 0 saturated carbocycles. The highest BCUT2D eigenvalue weighted by Gasteiger charge is 2.30. The zero-order chi connectivity index (χ0) is 14.8. The number of ether oxygens (including phenoxy) is 1. The minimum atomic E-state index is -0.956. The molecule has 1 amide bonds. The molecule has 1 aromatic carbocycles. The van der Waals surface area contributed by atoms with Crippen molar-refractivity contribution in [1.82, 2.24) is 5.32 Å². The van der Waals surface area contributed by atoms with Gasteiger partial charge in [0.05, 0.1) is 6.04 Å². The first-order valence-electron chi connectivity index (χ1n) is 6.53. The van der Waals surface area contributed by atoms with Gasteiger partial charge in [-0.15, -0.1) is 0 Å². The molecule has 0 spiro atoms. The van der Waals surface area contributed by atoms with E-state index in [0.29, 0.717) is 12.0 Å². The van der Waals surface area contributed by atoms with Crippen molar-refractivity contribution in [3.63, 3.8) is 0 Å². The fourth-order valence-corrected chi connectivity index (χ4v) is 1.79. The minimum absolute atomic E-state index is 0.146. The van der Waals surface area contributed by atoms with Gasteiger partial charge in [0, 0.05) is 5.56 Å². The fraction of sp³-hybridized carbons (Fsp3) is 0.714. The number of hydrogen-bond acceptors (Lipinski definition) is 4. The predicted octanol–water partition coefficient (Wildman–Crippen LogP) is 1.90. The molecule has 1 unspecified atom stereocenters. The summed E-state index contributed by atoms with van der Waals surface area (Å²) in [5, 5.41) is 12.7. The maximum absolute atomic E-state index is 11.7. The molecule has 0 saturated heterocycles. The van der Waals surface area contributed by atoms with Gasteiger partial charge in [0.25, 0.3) is 0 Å². The average Bonchev–Trinajstić information content (AvgIpc) is 2.89. The Bertz CT molecular complexity index is 438. The molecule has 5 heteroatoms. The van der Waals surface area contributed by atoms with E-state index in [1.807, 2.05) is 13.8 Å². The van der Waals surface area contributed by atoms with E-state index in [1.54, 1.807) is 20.8 Å². The fourth-order valence-electron chi connectivity index (χ4n) is 1.79. The topological polar surface area (TPSA) is 75.6 Å². The Morgan fingerprint density at radius 2 is 1.95 bits per heavy atom. The molecule has 2 atom stereocenters. The Morgan fingerprint density at radius 3 is 2.32 bits per heavy atom. The zero-order valence-corrected chi connectivity index (χ0v) is 12.2. The smallest absolute Gasteiger partial charge is 0.407 e. The van der Waals surface area contributed by atoms with Gasteiger partial charge in [0.1, 0.15) is 11.7 Å². The van der Waals surface area contributed by atoms with Gasteiger partial charge in [-0.1, -0.05) is 13.8 Å². The summed E-state index contributed by atoms with van der Waals surface area (Å²) in [6.45, 7) is 9.29. The van der Waals surface area contributed by atoms with Crippen molar-refractivity contribution < 1.29 is 14.6 Å². The van der Waals surface area contributed by atoms with Crippen molar-refractivity contribution in [3.8, 4) is 0 Å². The van der Waals surface area contributed by atoms with Gasteiger partial charge < -0.3 is 15.2 Å². The minimum Gasteiger partial charge on any atom is -0.444 e. The lowest BCUT2D eigenvalue weighted by Crippen LogP contribution is -2.42. The SMILES string of the molecule is CC(C)C[C@H](NC(=O)OC(C)(C)C)C(O)c1cc1=O. The Hall–Kier alpha value is -1.36. The quantitative estimate of drug-likeness (QED) is 0.856. The van der Waals surface area contributed by atoms with Crippen molar-refractivity contribution in [3.05, 3.63) is 21.9 Å². The number of alkyl carbamates (subject to hydrolysis) is 1. The van der Waals surface area contributed by atoms with Crippen LogP contribution in [0.2, 0.25) is 0 Å². The van der Waals surface area contributed by atoms with Crippen molar-refractivity contribution in [2.45, 2.75) is 58.8 Å². The Labute approximate surface area is 113 Å². The number of rotatable bonds is 5. The Balaban J connectivity index is 2.65. The van der Waals surface area contributed by atoms with Crippen molar-refractivity contribution in [2.24, 2.45) is 5.92 Å². The van der Waals surface area contributed by atoms with Crippen LogP contribution < -0.4 is 10.7 Å². The molecule has 0 heterocycles. The van der Waals surface area contributed by atoms with Gasteiger partial charge in [0.15, 0.2) is 5.43 Å². The lowest BCUT2D eigenvalue weighted by Gasteiger charge is -2.26. The summed E-state index contributed by atoms with van der Waals surface area (Å²) in [6.07, 6.45) is -0.960. The van der Waals surface area contributed by atoms with Crippen LogP contribution in [0.15, 0.2) is 10.9 Å². The summed E-state index contributed by atoms with van der Waals surface area (Å²) in [4.78, 5) is 22.8. The largest absolute Gasteiger partial charge is 0.444 e. The number of carbonyl (C=O) groups excluding carboxylic acids is 1. The molecule has 0 radical (unpaired) electrons. The number of aliphatic hydroxyl groups is 1. The molecule has 2 N–H and O–H groups in total. The van der Waals surface area contributed by atoms with Gasteiger partial charge in [-0.2, -0.15) is 0 Å². The third-order valence-electron chi connectivity index (χ3n) is 2.62. The maximum atomic E-state index is 11.7. The number of hydrogen-bond donors (Lipinski definition) is 2. The first-order chi connectivity index (χ1) is 8.60. The summed E-state index contributed by atoms with van der Waals surface area (Å²) < 4.78 is 5.16. The van der Waals surface area contributed by atoms with Gasteiger partial charge in [-0.05, 0) is 39.2 Å². The molecule has 0 fully saturated rings. The zero-order valence-electron chi connectivity index (χ0n) is 12.2. The third kappa shape index (κ3) is 5.42. The van der Waals surface area contributed by atoms with Gasteiger partial charge in [-0.3, -0.25) is 4.79 Å². The first kappa shape index (κ1) is 15.7. The molecule has 19 heavy (non-hydrogen) atoms. The highest BCUT2D eigenvalue weighted by Crippen LogP contribution is 2.22. The van der Waals surface area contributed by atoms with E-state index in [2.05, 4.69) is 5.32 Å².